The molecule has 2 atom stereocenters. The van der Waals surface area contributed by atoms with Gasteiger partial charge in [0.15, 0.2) is 0 Å². The number of nitrogens with zero attached hydrogens (tertiary/aromatic N) is 1. The normalized spacial score (nSPS) is 31.3. The van der Waals surface area contributed by atoms with Gasteiger partial charge in [0.2, 0.25) is 5.91 Å². The van der Waals surface area contributed by atoms with Crippen LogP contribution in [-0.4, -0.2) is 29.9 Å². The molecule has 2 aliphatic carbocycles. The summed E-state index contributed by atoms with van der Waals surface area (Å²) in [6, 6.07) is 0.457. The highest BCUT2D eigenvalue weighted by Gasteiger charge is 2.43. The number of hydrogen-bond acceptors (Lipinski definition) is 2. The van der Waals surface area contributed by atoms with Gasteiger partial charge in [-0.15, -0.1) is 0 Å². The Morgan fingerprint density at radius 1 is 1.22 bits per heavy atom. The number of likely N-dealkylation sites (N-methyl/N-ethyl adjacent to an activating group) is 1. The molecule has 0 spiro atoms. The summed E-state index contributed by atoms with van der Waals surface area (Å²) in [6.45, 7) is 2.16. The molecule has 2 N–H and O–H groups in total. The lowest BCUT2D eigenvalue weighted by atomic mass is 9.80. The highest BCUT2D eigenvalue weighted by Crippen LogP contribution is 2.43. The van der Waals surface area contributed by atoms with Gasteiger partial charge in [0.25, 0.3) is 0 Å². The highest BCUT2D eigenvalue weighted by atomic mass is 16.2. The van der Waals surface area contributed by atoms with Gasteiger partial charge in [-0.3, -0.25) is 4.79 Å². The van der Waals surface area contributed by atoms with Gasteiger partial charge in [-0.25, -0.2) is 0 Å². The fourth-order valence-corrected chi connectivity index (χ4v) is 3.92. The summed E-state index contributed by atoms with van der Waals surface area (Å²) in [6.07, 6.45) is 10.2. The third-order valence-electron chi connectivity index (χ3n) is 5.29. The second-order valence-electron chi connectivity index (χ2n) is 6.27. The molecule has 1 amide bonds. The van der Waals surface area contributed by atoms with Gasteiger partial charge < -0.3 is 10.6 Å². The van der Waals surface area contributed by atoms with E-state index in [1.54, 1.807) is 0 Å². The number of rotatable bonds is 3. The van der Waals surface area contributed by atoms with Crippen LogP contribution in [0.2, 0.25) is 0 Å². The monoisotopic (exact) mass is 252 g/mol. The van der Waals surface area contributed by atoms with Crippen LogP contribution in [0.25, 0.3) is 0 Å². The van der Waals surface area contributed by atoms with Gasteiger partial charge in [-0.1, -0.05) is 32.6 Å². The third-order valence-corrected chi connectivity index (χ3v) is 5.29. The molecule has 0 aliphatic heterocycles. The van der Waals surface area contributed by atoms with E-state index in [-0.39, 0.29) is 17.5 Å². The summed E-state index contributed by atoms with van der Waals surface area (Å²) in [5.41, 5.74) is 6.14. The lowest BCUT2D eigenvalue weighted by Crippen LogP contribution is -2.53. The molecule has 2 saturated carbocycles. The minimum atomic E-state index is -0.0636. The molecule has 0 aromatic rings. The van der Waals surface area contributed by atoms with Crippen LogP contribution in [0.15, 0.2) is 0 Å². The van der Waals surface area contributed by atoms with Crippen LogP contribution < -0.4 is 5.73 Å². The second kappa shape index (κ2) is 5.60. The van der Waals surface area contributed by atoms with Gasteiger partial charge in [0, 0.05) is 24.5 Å². The van der Waals surface area contributed by atoms with E-state index in [1.807, 2.05) is 11.9 Å². The summed E-state index contributed by atoms with van der Waals surface area (Å²) in [5, 5.41) is 0. The fraction of sp³-hybridized carbons (Fsp3) is 0.933. The number of carbonyl (C=O) groups is 1. The Bertz CT molecular complexity index is 297. The summed E-state index contributed by atoms with van der Waals surface area (Å²) < 4.78 is 0. The van der Waals surface area contributed by atoms with Crippen LogP contribution in [0.1, 0.15) is 64.7 Å². The lowest BCUT2D eigenvalue weighted by molar-refractivity contribution is -0.144. The molecule has 0 heterocycles. The minimum absolute atomic E-state index is 0.0636. The molecule has 0 aromatic carbocycles. The average Bonchev–Trinajstić information content (AvgIpc) is 2.87. The Hall–Kier alpha value is -0.570. The van der Waals surface area contributed by atoms with Gasteiger partial charge >= 0.3 is 0 Å². The molecular formula is C15H28N2O. The molecule has 0 aromatic heterocycles. The molecule has 3 heteroatoms. The first kappa shape index (κ1) is 13.9. The first-order chi connectivity index (χ1) is 8.60. The Morgan fingerprint density at radius 3 is 2.39 bits per heavy atom. The SMILES string of the molecule is CCC1(C(=O)N(C)C2CCCCC2N)CCCC1. The van der Waals surface area contributed by atoms with Crippen molar-refractivity contribution in [3.05, 3.63) is 0 Å². The van der Waals surface area contributed by atoms with Crippen LogP contribution in [0, 0.1) is 5.41 Å². The van der Waals surface area contributed by atoms with Gasteiger partial charge in [0.05, 0.1) is 0 Å². The molecule has 2 fully saturated rings. The summed E-state index contributed by atoms with van der Waals surface area (Å²) in [4.78, 5) is 14.8. The molecule has 104 valence electrons. The van der Waals surface area contributed by atoms with Crippen molar-refractivity contribution in [2.75, 3.05) is 7.05 Å². The van der Waals surface area contributed by atoms with Crippen LogP contribution in [0.5, 0.6) is 0 Å². The molecule has 0 bridgehead atoms. The summed E-state index contributed by atoms with van der Waals surface area (Å²) >= 11 is 0. The third kappa shape index (κ3) is 2.42. The zero-order valence-corrected chi connectivity index (χ0v) is 12.0. The Kier molecular flexibility index (Phi) is 4.31. The number of nitrogens with two attached hydrogens (primary N) is 1. The number of carbonyl (C=O) groups excluding carboxylic acids is 1. The van der Waals surface area contributed by atoms with E-state index in [0.29, 0.717) is 5.91 Å². The van der Waals surface area contributed by atoms with Crippen molar-refractivity contribution in [2.45, 2.75) is 76.8 Å². The standard InChI is InChI=1S/C15H28N2O/c1-3-15(10-6-7-11-15)14(18)17(2)13-9-5-4-8-12(13)16/h12-13H,3-11,16H2,1-2H3. The first-order valence-corrected chi connectivity index (χ1v) is 7.63. The molecule has 2 unspecified atom stereocenters. The molecule has 0 saturated heterocycles. The Balaban J connectivity index is 2.07. The molecular weight excluding hydrogens is 224 g/mol. The van der Waals surface area contributed by atoms with E-state index in [1.165, 1.54) is 25.7 Å². The van der Waals surface area contributed by atoms with Gasteiger partial charge in [0.1, 0.15) is 0 Å². The summed E-state index contributed by atoms with van der Waals surface area (Å²) in [5.74, 6) is 0.366. The van der Waals surface area contributed by atoms with E-state index in [0.717, 1.165) is 32.1 Å². The average molecular weight is 252 g/mol. The Labute approximate surface area is 111 Å². The van der Waals surface area contributed by atoms with E-state index >= 15 is 0 Å². The zero-order valence-electron chi connectivity index (χ0n) is 12.0. The van der Waals surface area contributed by atoms with Crippen molar-refractivity contribution in [3.8, 4) is 0 Å². The smallest absolute Gasteiger partial charge is 0.228 e. The van der Waals surface area contributed by atoms with Crippen molar-refractivity contribution in [2.24, 2.45) is 11.1 Å². The minimum Gasteiger partial charge on any atom is -0.341 e. The Morgan fingerprint density at radius 2 is 1.83 bits per heavy atom. The molecule has 2 rings (SSSR count). The maximum absolute atomic E-state index is 12.8. The van der Waals surface area contributed by atoms with E-state index in [2.05, 4.69) is 6.92 Å². The predicted octanol–water partition coefficient (Wildman–Crippen LogP) is 2.69. The van der Waals surface area contributed by atoms with E-state index in [9.17, 15) is 4.79 Å². The predicted molar refractivity (Wildman–Crippen MR) is 74.2 cm³/mol. The molecule has 0 radical (unpaired) electrons. The second-order valence-corrected chi connectivity index (χ2v) is 6.27. The van der Waals surface area contributed by atoms with Crippen molar-refractivity contribution in [3.63, 3.8) is 0 Å². The topological polar surface area (TPSA) is 46.3 Å². The van der Waals surface area contributed by atoms with E-state index < -0.39 is 0 Å². The van der Waals surface area contributed by atoms with Gasteiger partial charge in [-0.05, 0) is 32.1 Å². The van der Waals surface area contributed by atoms with Crippen LogP contribution in [0.3, 0.4) is 0 Å². The molecule has 3 nitrogen and oxygen atoms in total. The number of hydrogen-bond donors (Lipinski definition) is 1. The van der Waals surface area contributed by atoms with Crippen molar-refractivity contribution < 1.29 is 4.79 Å². The fourth-order valence-electron chi connectivity index (χ4n) is 3.92. The first-order valence-electron chi connectivity index (χ1n) is 7.63. The maximum Gasteiger partial charge on any atom is 0.228 e. The van der Waals surface area contributed by atoms with Crippen molar-refractivity contribution in [1.82, 2.24) is 4.90 Å². The largest absolute Gasteiger partial charge is 0.341 e. The summed E-state index contributed by atoms with van der Waals surface area (Å²) in [7, 11) is 1.98. The van der Waals surface area contributed by atoms with Crippen LogP contribution in [0.4, 0.5) is 0 Å². The van der Waals surface area contributed by atoms with Crippen LogP contribution >= 0.6 is 0 Å². The van der Waals surface area contributed by atoms with Gasteiger partial charge in [-0.2, -0.15) is 0 Å². The van der Waals surface area contributed by atoms with E-state index in [4.69, 9.17) is 5.73 Å². The van der Waals surface area contributed by atoms with Crippen molar-refractivity contribution in [1.29, 1.82) is 0 Å². The quantitative estimate of drug-likeness (QED) is 0.839. The molecule has 2 aliphatic rings. The zero-order chi connectivity index (χ0) is 13.2. The van der Waals surface area contributed by atoms with Crippen molar-refractivity contribution >= 4 is 5.91 Å². The molecule has 18 heavy (non-hydrogen) atoms. The lowest BCUT2D eigenvalue weighted by Gasteiger charge is -2.40. The van der Waals surface area contributed by atoms with Crippen LogP contribution in [-0.2, 0) is 4.79 Å². The highest BCUT2D eigenvalue weighted by molar-refractivity contribution is 5.83. The maximum atomic E-state index is 12.8. The number of amides is 1.